The van der Waals surface area contributed by atoms with Crippen LogP contribution in [-0.4, -0.2) is 34.3 Å². The van der Waals surface area contributed by atoms with Gasteiger partial charge in [-0.2, -0.15) is 0 Å². The van der Waals surface area contributed by atoms with Crippen LogP contribution in [0.3, 0.4) is 0 Å². The maximum atomic E-state index is 12.6. The van der Waals surface area contributed by atoms with Gasteiger partial charge in [-0.3, -0.25) is 9.59 Å². The van der Waals surface area contributed by atoms with Crippen molar-refractivity contribution in [1.29, 1.82) is 0 Å². The lowest BCUT2D eigenvalue weighted by molar-refractivity contribution is -0.133. The molecule has 0 spiro atoms. The number of aromatic nitrogens is 1. The highest BCUT2D eigenvalue weighted by atomic mass is 16.2. The molecule has 5 heteroatoms. The number of H-pyrrole nitrogens is 1. The van der Waals surface area contributed by atoms with E-state index in [1.807, 2.05) is 36.2 Å². The fourth-order valence-electron chi connectivity index (χ4n) is 3.80. The van der Waals surface area contributed by atoms with Gasteiger partial charge in [0.05, 0.1) is 0 Å². The Morgan fingerprint density at radius 2 is 1.96 bits per heavy atom. The lowest BCUT2D eigenvalue weighted by atomic mass is 10.1. The molecule has 1 aromatic heterocycles. The number of fused-ring (bicyclic) bond motifs is 1. The first kappa shape index (κ1) is 18.3. The van der Waals surface area contributed by atoms with Crippen molar-refractivity contribution in [3.63, 3.8) is 0 Å². The molecule has 2 heterocycles. The molecule has 1 unspecified atom stereocenters. The zero-order valence-electron chi connectivity index (χ0n) is 16.1. The summed E-state index contributed by atoms with van der Waals surface area (Å²) in [6.07, 6.45) is 3.67. The summed E-state index contributed by atoms with van der Waals surface area (Å²) in [5.41, 5.74) is 4.53. The molecule has 1 fully saturated rings. The summed E-state index contributed by atoms with van der Waals surface area (Å²) >= 11 is 0. The van der Waals surface area contributed by atoms with Gasteiger partial charge in [0.2, 0.25) is 11.8 Å². The molecule has 144 valence electrons. The highest BCUT2D eigenvalue weighted by Gasteiger charge is 2.32. The van der Waals surface area contributed by atoms with E-state index in [9.17, 15) is 9.59 Å². The summed E-state index contributed by atoms with van der Waals surface area (Å²) < 4.78 is 0. The molecular formula is C23H25N3O2. The predicted octanol–water partition coefficient (Wildman–Crippen LogP) is 3.33. The average molecular weight is 375 g/mol. The van der Waals surface area contributed by atoms with Gasteiger partial charge in [-0.15, -0.1) is 0 Å². The summed E-state index contributed by atoms with van der Waals surface area (Å²) in [5, 5.41) is 4.07. The molecule has 0 saturated carbocycles. The van der Waals surface area contributed by atoms with Crippen molar-refractivity contribution < 1.29 is 9.59 Å². The number of aryl methyl sites for hydroxylation is 2. The second-order valence-electron chi connectivity index (χ2n) is 7.51. The summed E-state index contributed by atoms with van der Waals surface area (Å²) in [4.78, 5) is 30.1. The van der Waals surface area contributed by atoms with Crippen molar-refractivity contribution in [1.82, 2.24) is 15.2 Å². The molecule has 4 rings (SSSR count). The van der Waals surface area contributed by atoms with Crippen molar-refractivity contribution in [2.24, 2.45) is 0 Å². The Morgan fingerprint density at radius 3 is 2.79 bits per heavy atom. The van der Waals surface area contributed by atoms with Crippen LogP contribution in [0.4, 0.5) is 0 Å². The van der Waals surface area contributed by atoms with E-state index in [1.165, 1.54) is 5.56 Å². The first-order valence-corrected chi connectivity index (χ1v) is 9.79. The van der Waals surface area contributed by atoms with E-state index in [-0.39, 0.29) is 11.8 Å². The highest BCUT2D eigenvalue weighted by molar-refractivity contribution is 5.89. The van der Waals surface area contributed by atoms with E-state index in [0.717, 1.165) is 22.0 Å². The Morgan fingerprint density at radius 1 is 1.18 bits per heavy atom. The number of nitrogens with one attached hydrogen (secondary N) is 2. The molecule has 0 radical (unpaired) electrons. The Labute approximate surface area is 164 Å². The van der Waals surface area contributed by atoms with Crippen LogP contribution in [0.15, 0.2) is 54.7 Å². The zero-order chi connectivity index (χ0) is 19.5. The second-order valence-corrected chi connectivity index (χ2v) is 7.51. The van der Waals surface area contributed by atoms with Crippen LogP contribution in [-0.2, 0) is 22.6 Å². The number of rotatable bonds is 6. The maximum absolute atomic E-state index is 12.6. The van der Waals surface area contributed by atoms with Gasteiger partial charge >= 0.3 is 0 Å². The number of hydrogen-bond acceptors (Lipinski definition) is 2. The molecule has 1 aliphatic heterocycles. The van der Waals surface area contributed by atoms with Crippen LogP contribution in [0.5, 0.6) is 0 Å². The number of para-hydroxylation sites is 1. The van der Waals surface area contributed by atoms with Gasteiger partial charge in [0.15, 0.2) is 0 Å². The molecule has 0 aliphatic carbocycles. The van der Waals surface area contributed by atoms with Gasteiger partial charge < -0.3 is 15.2 Å². The van der Waals surface area contributed by atoms with Crippen molar-refractivity contribution in [3.05, 3.63) is 71.4 Å². The summed E-state index contributed by atoms with van der Waals surface area (Å²) in [5.74, 6) is -0.0539. The molecular weight excluding hydrogens is 350 g/mol. The molecule has 28 heavy (non-hydrogen) atoms. The van der Waals surface area contributed by atoms with Crippen LogP contribution in [0, 0.1) is 6.92 Å². The summed E-state index contributed by atoms with van der Waals surface area (Å²) in [6.45, 7) is 3.33. The smallest absolute Gasteiger partial charge is 0.245 e. The number of hydrogen-bond donors (Lipinski definition) is 2. The van der Waals surface area contributed by atoms with E-state index in [0.29, 0.717) is 32.4 Å². The molecule has 5 nitrogen and oxygen atoms in total. The molecule has 1 saturated heterocycles. The third kappa shape index (κ3) is 3.93. The van der Waals surface area contributed by atoms with Gasteiger partial charge in [-0.1, -0.05) is 48.0 Å². The topological polar surface area (TPSA) is 65.2 Å². The predicted molar refractivity (Wildman–Crippen MR) is 110 cm³/mol. The molecule has 0 bridgehead atoms. The normalized spacial score (nSPS) is 16.7. The number of amides is 2. The lowest BCUT2D eigenvalue weighted by Gasteiger charge is -2.17. The van der Waals surface area contributed by atoms with E-state index < -0.39 is 6.04 Å². The molecule has 1 atom stereocenters. The van der Waals surface area contributed by atoms with Crippen molar-refractivity contribution in [3.8, 4) is 0 Å². The SMILES string of the molecule is Cc1ccc(CN2CCC(NC(=O)CCc3c[nH]c4ccccc34)C2=O)cc1. The Bertz CT molecular complexity index is 991. The largest absolute Gasteiger partial charge is 0.361 e. The number of carbonyl (C=O) groups excluding carboxylic acids is 2. The van der Waals surface area contributed by atoms with Gasteiger partial charge in [-0.25, -0.2) is 0 Å². The average Bonchev–Trinajstić information content (AvgIpc) is 3.27. The number of carbonyl (C=O) groups is 2. The fourth-order valence-corrected chi connectivity index (χ4v) is 3.80. The van der Waals surface area contributed by atoms with Crippen LogP contribution in [0.2, 0.25) is 0 Å². The minimum absolute atomic E-state index is 0.0148. The highest BCUT2D eigenvalue weighted by Crippen LogP contribution is 2.19. The Hall–Kier alpha value is -3.08. The standard InChI is InChI=1S/C23H25N3O2/c1-16-6-8-17(9-7-16)15-26-13-12-21(23(26)28)25-22(27)11-10-18-14-24-20-5-3-2-4-19(18)20/h2-9,14,21,24H,10-13,15H2,1H3,(H,25,27). The third-order valence-corrected chi connectivity index (χ3v) is 5.42. The van der Waals surface area contributed by atoms with Crippen LogP contribution in [0.25, 0.3) is 10.9 Å². The molecule has 2 amide bonds. The molecule has 2 aromatic carbocycles. The van der Waals surface area contributed by atoms with Crippen molar-refractivity contribution >= 4 is 22.7 Å². The second kappa shape index (κ2) is 7.89. The number of aromatic amines is 1. The van der Waals surface area contributed by atoms with Gasteiger partial charge in [0.1, 0.15) is 6.04 Å². The molecule has 3 aromatic rings. The van der Waals surface area contributed by atoms with E-state index >= 15 is 0 Å². The quantitative estimate of drug-likeness (QED) is 0.694. The van der Waals surface area contributed by atoms with E-state index in [4.69, 9.17) is 0 Å². The van der Waals surface area contributed by atoms with Crippen molar-refractivity contribution in [2.45, 2.75) is 38.8 Å². The number of likely N-dealkylation sites (tertiary alicyclic amines) is 1. The maximum Gasteiger partial charge on any atom is 0.245 e. The van der Waals surface area contributed by atoms with Crippen molar-refractivity contribution in [2.75, 3.05) is 6.54 Å². The summed E-state index contributed by atoms with van der Waals surface area (Å²) in [7, 11) is 0. The fraction of sp³-hybridized carbons (Fsp3) is 0.304. The first-order valence-electron chi connectivity index (χ1n) is 9.79. The van der Waals surface area contributed by atoms with Crippen LogP contribution >= 0.6 is 0 Å². The minimum Gasteiger partial charge on any atom is -0.361 e. The van der Waals surface area contributed by atoms with Gasteiger partial charge in [0.25, 0.3) is 0 Å². The number of benzene rings is 2. The Balaban J connectivity index is 1.30. The Kier molecular flexibility index (Phi) is 5.15. The monoisotopic (exact) mass is 375 g/mol. The zero-order valence-corrected chi connectivity index (χ0v) is 16.1. The molecule has 2 N–H and O–H groups in total. The van der Waals surface area contributed by atoms with E-state index in [1.54, 1.807) is 0 Å². The van der Waals surface area contributed by atoms with Crippen LogP contribution in [0.1, 0.15) is 29.5 Å². The summed E-state index contributed by atoms with van der Waals surface area (Å²) in [6, 6.07) is 15.9. The van der Waals surface area contributed by atoms with E-state index in [2.05, 4.69) is 40.6 Å². The molecule has 1 aliphatic rings. The van der Waals surface area contributed by atoms with Crippen LogP contribution < -0.4 is 5.32 Å². The number of nitrogens with zero attached hydrogens (tertiary/aromatic N) is 1. The van der Waals surface area contributed by atoms with Gasteiger partial charge in [-0.05, 0) is 37.0 Å². The van der Waals surface area contributed by atoms with Gasteiger partial charge in [0, 0.05) is 36.6 Å². The first-order chi connectivity index (χ1) is 13.6. The minimum atomic E-state index is -0.402. The lowest BCUT2D eigenvalue weighted by Crippen LogP contribution is -2.41. The third-order valence-electron chi connectivity index (χ3n) is 5.42.